The number of hydrogen-bond donors (Lipinski definition) is 0. The zero-order chi connectivity index (χ0) is 17.7. The summed E-state index contributed by atoms with van der Waals surface area (Å²) in [6.07, 6.45) is 0. The van der Waals surface area contributed by atoms with Crippen LogP contribution in [0.4, 0.5) is 15.8 Å². The molecule has 2 aliphatic rings. The predicted octanol–water partition coefficient (Wildman–Crippen LogP) is 2.94. The molecule has 2 heterocycles. The van der Waals surface area contributed by atoms with Crippen molar-refractivity contribution >= 4 is 23.2 Å². The Kier molecular flexibility index (Phi) is 3.38. The Morgan fingerprint density at radius 3 is 2.48 bits per heavy atom. The average Bonchev–Trinajstić information content (AvgIpc) is 3.12. The van der Waals surface area contributed by atoms with Crippen LogP contribution >= 0.6 is 0 Å². The number of benzene rings is 2. The minimum atomic E-state index is -0.906. The fourth-order valence-corrected chi connectivity index (χ4v) is 3.15. The van der Waals surface area contributed by atoms with Crippen molar-refractivity contribution in [3.8, 4) is 0 Å². The van der Waals surface area contributed by atoms with Gasteiger partial charge in [-0.1, -0.05) is 29.5 Å². The summed E-state index contributed by atoms with van der Waals surface area (Å²) in [7, 11) is 0. The molecule has 25 heavy (non-hydrogen) atoms. The topological polar surface area (TPSA) is 65.3 Å². The van der Waals surface area contributed by atoms with Gasteiger partial charge in [-0.2, -0.15) is 5.11 Å². The van der Waals surface area contributed by atoms with E-state index < -0.39 is 29.7 Å². The lowest BCUT2D eigenvalue weighted by Gasteiger charge is -2.22. The summed E-state index contributed by atoms with van der Waals surface area (Å²) in [4.78, 5) is 26.6. The third-order valence-corrected chi connectivity index (χ3v) is 4.56. The summed E-state index contributed by atoms with van der Waals surface area (Å²) in [6.45, 7) is 3.52. The van der Waals surface area contributed by atoms with Crippen molar-refractivity contribution in [3.05, 3.63) is 59.4 Å². The van der Waals surface area contributed by atoms with Crippen LogP contribution in [0.25, 0.3) is 0 Å². The number of hydrogen-bond acceptors (Lipinski definition) is 5. The van der Waals surface area contributed by atoms with Gasteiger partial charge in [0.2, 0.25) is 0 Å². The molecule has 0 radical (unpaired) electrons. The van der Waals surface area contributed by atoms with Gasteiger partial charge in [0.05, 0.1) is 11.4 Å². The van der Waals surface area contributed by atoms with Gasteiger partial charge < -0.3 is 0 Å². The maximum Gasteiger partial charge on any atom is 0.263 e. The first-order valence-corrected chi connectivity index (χ1v) is 7.88. The fourth-order valence-electron chi connectivity index (χ4n) is 3.15. The van der Waals surface area contributed by atoms with E-state index in [0.29, 0.717) is 5.56 Å². The highest BCUT2D eigenvalue weighted by molar-refractivity contribution is 6.26. The van der Waals surface area contributed by atoms with Crippen LogP contribution in [0.5, 0.6) is 0 Å². The van der Waals surface area contributed by atoms with Crippen molar-refractivity contribution in [2.24, 2.45) is 10.3 Å². The van der Waals surface area contributed by atoms with E-state index in [9.17, 15) is 14.0 Å². The zero-order valence-electron chi connectivity index (χ0n) is 13.7. The van der Waals surface area contributed by atoms with Crippen LogP contribution in [0.2, 0.25) is 0 Å². The average molecular weight is 338 g/mol. The van der Waals surface area contributed by atoms with Crippen LogP contribution in [0.1, 0.15) is 11.1 Å². The normalized spacial score (nSPS) is 22.0. The van der Waals surface area contributed by atoms with Gasteiger partial charge in [-0.3, -0.25) is 9.59 Å². The summed E-state index contributed by atoms with van der Waals surface area (Å²) < 4.78 is 13.9. The highest BCUT2D eigenvalue weighted by Crippen LogP contribution is 2.36. The largest absolute Gasteiger partial charge is 0.271 e. The Morgan fingerprint density at radius 1 is 1.00 bits per heavy atom. The minimum absolute atomic E-state index is 0.215. The van der Waals surface area contributed by atoms with Gasteiger partial charge >= 0.3 is 0 Å². The molecule has 126 valence electrons. The van der Waals surface area contributed by atoms with E-state index in [1.807, 2.05) is 31.2 Å². The molecule has 2 aliphatic heterocycles. The van der Waals surface area contributed by atoms with Crippen molar-refractivity contribution in [1.82, 2.24) is 0 Å². The maximum atomic E-state index is 13.9. The van der Waals surface area contributed by atoms with Crippen LogP contribution in [0, 0.1) is 19.7 Å². The van der Waals surface area contributed by atoms with E-state index in [-0.39, 0.29) is 5.69 Å². The molecule has 0 spiro atoms. The number of nitrogens with zero attached hydrogens (tertiary/aromatic N) is 4. The maximum absolute atomic E-state index is 13.9. The summed E-state index contributed by atoms with van der Waals surface area (Å²) in [6, 6.07) is 9.99. The number of anilines is 2. The van der Waals surface area contributed by atoms with E-state index in [4.69, 9.17) is 0 Å². The Bertz CT molecular complexity index is 927. The molecule has 7 heteroatoms. The SMILES string of the molecule is Cc1ccc(N2C(=O)[C@@H]3[C@@H](N=NN3c3ccccc3C)C2=O)cc1F. The van der Waals surface area contributed by atoms with Crippen molar-refractivity contribution in [2.75, 3.05) is 9.91 Å². The quantitative estimate of drug-likeness (QED) is 0.791. The molecule has 0 saturated carbocycles. The second kappa shape index (κ2) is 5.47. The molecule has 0 unspecified atom stereocenters. The number of imide groups is 1. The number of halogens is 1. The molecule has 2 atom stereocenters. The van der Waals surface area contributed by atoms with Crippen LogP contribution in [-0.4, -0.2) is 23.9 Å². The summed E-state index contributed by atoms with van der Waals surface area (Å²) in [5.41, 5.74) is 2.30. The molecule has 2 aromatic rings. The van der Waals surface area contributed by atoms with Gasteiger partial charge in [0, 0.05) is 0 Å². The molecule has 4 rings (SSSR count). The summed E-state index contributed by atoms with van der Waals surface area (Å²) in [5.74, 6) is -1.41. The summed E-state index contributed by atoms with van der Waals surface area (Å²) in [5, 5.41) is 9.49. The second-order valence-electron chi connectivity index (χ2n) is 6.17. The summed E-state index contributed by atoms with van der Waals surface area (Å²) >= 11 is 0. The van der Waals surface area contributed by atoms with Crippen LogP contribution in [-0.2, 0) is 9.59 Å². The molecule has 2 amide bonds. The van der Waals surface area contributed by atoms with E-state index in [0.717, 1.165) is 16.2 Å². The smallest absolute Gasteiger partial charge is 0.263 e. The Hall–Kier alpha value is -3.09. The number of para-hydroxylation sites is 1. The highest BCUT2D eigenvalue weighted by atomic mass is 19.1. The lowest BCUT2D eigenvalue weighted by atomic mass is 10.1. The van der Waals surface area contributed by atoms with Gasteiger partial charge in [0.15, 0.2) is 12.1 Å². The van der Waals surface area contributed by atoms with Crippen molar-refractivity contribution in [2.45, 2.75) is 25.9 Å². The number of amides is 2. The van der Waals surface area contributed by atoms with Gasteiger partial charge in [-0.15, -0.1) is 0 Å². The Labute approximate surface area is 143 Å². The van der Waals surface area contributed by atoms with Gasteiger partial charge in [-0.05, 0) is 43.2 Å². The molecule has 2 aromatic carbocycles. The Balaban J connectivity index is 1.73. The molecule has 0 aliphatic carbocycles. The highest BCUT2D eigenvalue weighted by Gasteiger charge is 2.55. The number of aryl methyl sites for hydroxylation is 2. The van der Waals surface area contributed by atoms with E-state index >= 15 is 0 Å². The molecular formula is C18H15FN4O2. The molecule has 0 bridgehead atoms. The number of carbonyl (C=O) groups excluding carboxylic acids is 2. The molecule has 6 nitrogen and oxygen atoms in total. The molecule has 1 saturated heterocycles. The number of carbonyl (C=O) groups is 2. The molecule has 0 aromatic heterocycles. The van der Waals surface area contributed by atoms with Crippen LogP contribution in [0.15, 0.2) is 52.8 Å². The third kappa shape index (κ3) is 2.23. The lowest BCUT2D eigenvalue weighted by Crippen LogP contribution is -2.40. The van der Waals surface area contributed by atoms with Crippen LogP contribution in [0.3, 0.4) is 0 Å². The van der Waals surface area contributed by atoms with E-state index in [1.54, 1.807) is 19.1 Å². The molecule has 0 N–H and O–H groups in total. The zero-order valence-corrected chi connectivity index (χ0v) is 13.7. The first-order chi connectivity index (χ1) is 12.0. The Morgan fingerprint density at radius 2 is 1.76 bits per heavy atom. The van der Waals surface area contributed by atoms with Gasteiger partial charge in [0.1, 0.15) is 5.82 Å². The van der Waals surface area contributed by atoms with Crippen molar-refractivity contribution in [1.29, 1.82) is 0 Å². The minimum Gasteiger partial charge on any atom is -0.271 e. The molecular weight excluding hydrogens is 323 g/mol. The standard InChI is InChI=1S/C18H15FN4O2/c1-10-7-8-12(9-13(10)19)22-17(24)15-16(18(22)25)23(21-20-15)14-6-4-3-5-11(14)2/h3-9,15-16H,1-2H3/t15-,16+/m1/s1. The first-order valence-electron chi connectivity index (χ1n) is 7.88. The lowest BCUT2D eigenvalue weighted by molar-refractivity contribution is -0.121. The number of rotatable bonds is 2. The van der Waals surface area contributed by atoms with Crippen molar-refractivity contribution < 1.29 is 14.0 Å². The van der Waals surface area contributed by atoms with E-state index in [1.165, 1.54) is 11.1 Å². The third-order valence-electron chi connectivity index (χ3n) is 4.56. The monoisotopic (exact) mass is 338 g/mol. The second-order valence-corrected chi connectivity index (χ2v) is 6.17. The predicted molar refractivity (Wildman–Crippen MR) is 89.7 cm³/mol. The van der Waals surface area contributed by atoms with Gasteiger partial charge in [-0.25, -0.2) is 14.3 Å². The van der Waals surface area contributed by atoms with Crippen molar-refractivity contribution in [3.63, 3.8) is 0 Å². The number of fused-ring (bicyclic) bond motifs is 1. The fraction of sp³-hybridized carbons (Fsp3) is 0.222. The van der Waals surface area contributed by atoms with Gasteiger partial charge in [0.25, 0.3) is 11.8 Å². The van der Waals surface area contributed by atoms with E-state index in [2.05, 4.69) is 10.3 Å². The first kappa shape index (κ1) is 15.4. The molecule has 1 fully saturated rings. The van der Waals surface area contributed by atoms with Crippen LogP contribution < -0.4 is 9.91 Å².